The van der Waals surface area contributed by atoms with Crippen LogP contribution in [0.25, 0.3) is 0 Å². The third kappa shape index (κ3) is 5.00. The molecule has 1 aliphatic rings. The van der Waals surface area contributed by atoms with Crippen LogP contribution in [0.2, 0.25) is 0 Å². The van der Waals surface area contributed by atoms with Crippen LogP contribution >= 0.6 is 11.8 Å². The van der Waals surface area contributed by atoms with Crippen molar-refractivity contribution >= 4 is 44.8 Å². The zero-order valence-corrected chi connectivity index (χ0v) is 18.3. The number of anilines is 2. The SMILES string of the molecule is Cc1cccc(N(C)C(=O)CCS(=O)(=O)c2ccc3c(c2)NC(=O)[C@@H](C)CS3)c1. The van der Waals surface area contributed by atoms with Crippen LogP contribution in [0.5, 0.6) is 0 Å². The third-order valence-electron chi connectivity index (χ3n) is 4.85. The first-order valence-electron chi connectivity index (χ1n) is 9.31. The van der Waals surface area contributed by atoms with Gasteiger partial charge in [0, 0.05) is 35.7 Å². The summed E-state index contributed by atoms with van der Waals surface area (Å²) in [6, 6.07) is 12.2. The van der Waals surface area contributed by atoms with Gasteiger partial charge in [0.15, 0.2) is 9.84 Å². The van der Waals surface area contributed by atoms with Crippen LogP contribution in [-0.2, 0) is 19.4 Å². The van der Waals surface area contributed by atoms with Gasteiger partial charge < -0.3 is 10.2 Å². The molecular weight excluding hydrogens is 408 g/mol. The maximum Gasteiger partial charge on any atom is 0.228 e. The molecule has 29 heavy (non-hydrogen) atoms. The molecule has 6 nitrogen and oxygen atoms in total. The van der Waals surface area contributed by atoms with Gasteiger partial charge in [-0.05, 0) is 42.8 Å². The lowest BCUT2D eigenvalue weighted by atomic mass is 10.2. The molecular formula is C21H24N2O4S2. The molecule has 3 rings (SSSR count). The Balaban J connectivity index is 1.72. The van der Waals surface area contributed by atoms with E-state index in [4.69, 9.17) is 0 Å². The minimum absolute atomic E-state index is 0.109. The molecule has 8 heteroatoms. The van der Waals surface area contributed by atoms with E-state index in [9.17, 15) is 18.0 Å². The number of aryl methyl sites for hydroxylation is 1. The summed E-state index contributed by atoms with van der Waals surface area (Å²) in [6.07, 6.45) is -0.123. The van der Waals surface area contributed by atoms with E-state index in [1.54, 1.807) is 13.1 Å². The minimum atomic E-state index is -3.66. The molecule has 2 amide bonds. The van der Waals surface area contributed by atoms with Crippen molar-refractivity contribution in [3.63, 3.8) is 0 Å². The lowest BCUT2D eigenvalue weighted by molar-refractivity contribution is -0.119. The monoisotopic (exact) mass is 432 g/mol. The Hall–Kier alpha value is -2.32. The molecule has 0 spiro atoms. The number of nitrogens with zero attached hydrogens (tertiary/aromatic N) is 1. The second kappa shape index (κ2) is 8.59. The Labute approximate surface area is 175 Å². The Morgan fingerprint density at radius 2 is 2.00 bits per heavy atom. The van der Waals surface area contributed by atoms with Gasteiger partial charge in [-0.2, -0.15) is 0 Å². The largest absolute Gasteiger partial charge is 0.325 e. The summed E-state index contributed by atoms with van der Waals surface area (Å²) in [5.74, 6) is -0.196. The van der Waals surface area contributed by atoms with Crippen molar-refractivity contribution in [2.75, 3.05) is 28.8 Å². The van der Waals surface area contributed by atoms with Crippen molar-refractivity contribution in [3.8, 4) is 0 Å². The molecule has 1 aliphatic heterocycles. The Kier molecular flexibility index (Phi) is 6.33. The Morgan fingerprint density at radius 3 is 2.72 bits per heavy atom. The summed E-state index contributed by atoms with van der Waals surface area (Å²) in [4.78, 5) is 27.0. The highest BCUT2D eigenvalue weighted by Crippen LogP contribution is 2.34. The quantitative estimate of drug-likeness (QED) is 0.782. The van der Waals surface area contributed by atoms with Crippen molar-refractivity contribution in [3.05, 3.63) is 48.0 Å². The first-order valence-corrected chi connectivity index (χ1v) is 11.9. The summed E-state index contributed by atoms with van der Waals surface area (Å²) in [7, 11) is -2.02. The standard InChI is InChI=1S/C21H24N2O4S2/c1-14-5-4-6-16(11-14)23(3)20(24)9-10-29(26,27)17-7-8-19-18(12-17)22-21(25)15(2)13-28-19/h4-8,11-12,15H,9-10,13H2,1-3H3,(H,22,25)/t15-/m0/s1. The van der Waals surface area contributed by atoms with Crippen molar-refractivity contribution in [2.24, 2.45) is 5.92 Å². The predicted molar refractivity (Wildman–Crippen MR) is 116 cm³/mol. The Morgan fingerprint density at radius 1 is 1.24 bits per heavy atom. The number of nitrogens with one attached hydrogen (secondary N) is 1. The molecule has 0 radical (unpaired) electrons. The summed E-state index contributed by atoms with van der Waals surface area (Å²) in [5.41, 5.74) is 2.26. The number of sulfone groups is 1. The van der Waals surface area contributed by atoms with Crippen molar-refractivity contribution in [1.29, 1.82) is 0 Å². The van der Waals surface area contributed by atoms with Crippen LogP contribution in [0.15, 0.2) is 52.3 Å². The van der Waals surface area contributed by atoms with Gasteiger partial charge in [0.25, 0.3) is 0 Å². The van der Waals surface area contributed by atoms with Crippen LogP contribution < -0.4 is 10.2 Å². The zero-order chi connectivity index (χ0) is 21.2. The van der Waals surface area contributed by atoms with Crippen LogP contribution in [0, 0.1) is 12.8 Å². The molecule has 1 N–H and O–H groups in total. The van der Waals surface area contributed by atoms with Crippen LogP contribution in [0.4, 0.5) is 11.4 Å². The van der Waals surface area contributed by atoms with Crippen molar-refractivity contribution < 1.29 is 18.0 Å². The number of thioether (sulfide) groups is 1. The molecule has 2 aromatic carbocycles. The molecule has 0 saturated heterocycles. The average Bonchev–Trinajstić information content (AvgIpc) is 2.83. The second-order valence-electron chi connectivity index (χ2n) is 7.22. The van der Waals surface area contributed by atoms with Gasteiger partial charge in [-0.1, -0.05) is 19.1 Å². The number of fused-ring (bicyclic) bond motifs is 1. The van der Waals surface area contributed by atoms with E-state index in [0.29, 0.717) is 11.4 Å². The van der Waals surface area contributed by atoms with E-state index in [1.807, 2.05) is 38.1 Å². The molecule has 154 valence electrons. The van der Waals surface area contributed by atoms with Crippen LogP contribution in [0.1, 0.15) is 18.9 Å². The molecule has 0 unspecified atom stereocenters. The molecule has 2 aromatic rings. The van der Waals surface area contributed by atoms with Crippen molar-refractivity contribution in [2.45, 2.75) is 30.1 Å². The maximum atomic E-state index is 12.8. The highest BCUT2D eigenvalue weighted by Gasteiger charge is 2.24. The minimum Gasteiger partial charge on any atom is -0.325 e. The molecule has 0 saturated carbocycles. The zero-order valence-electron chi connectivity index (χ0n) is 16.6. The number of carbonyl (C=O) groups is 2. The molecule has 1 heterocycles. The van der Waals surface area contributed by atoms with E-state index in [0.717, 1.165) is 16.1 Å². The number of benzene rings is 2. The van der Waals surface area contributed by atoms with Gasteiger partial charge in [0.1, 0.15) is 0 Å². The normalized spacial score (nSPS) is 16.5. The van der Waals surface area contributed by atoms with E-state index in [2.05, 4.69) is 5.32 Å². The summed E-state index contributed by atoms with van der Waals surface area (Å²) in [6.45, 7) is 3.77. The van der Waals surface area contributed by atoms with E-state index in [-0.39, 0.29) is 34.8 Å². The average molecular weight is 433 g/mol. The van der Waals surface area contributed by atoms with Gasteiger partial charge in [-0.15, -0.1) is 11.8 Å². The van der Waals surface area contributed by atoms with E-state index >= 15 is 0 Å². The van der Waals surface area contributed by atoms with Crippen molar-refractivity contribution in [1.82, 2.24) is 0 Å². The highest BCUT2D eigenvalue weighted by atomic mass is 32.2. The molecule has 0 bridgehead atoms. The number of rotatable bonds is 5. The maximum absolute atomic E-state index is 12.8. The Bertz CT molecular complexity index is 1050. The first-order chi connectivity index (χ1) is 13.7. The smallest absolute Gasteiger partial charge is 0.228 e. The van der Waals surface area contributed by atoms with Crippen LogP contribution in [0.3, 0.4) is 0 Å². The predicted octanol–water partition coefficient (Wildman–Crippen LogP) is 3.50. The van der Waals surface area contributed by atoms with Gasteiger partial charge in [-0.3, -0.25) is 9.59 Å². The van der Waals surface area contributed by atoms with E-state index in [1.165, 1.54) is 28.8 Å². The number of hydrogen-bond donors (Lipinski definition) is 1. The van der Waals surface area contributed by atoms with Gasteiger partial charge in [-0.25, -0.2) is 8.42 Å². The molecule has 0 fully saturated rings. The van der Waals surface area contributed by atoms with Gasteiger partial charge >= 0.3 is 0 Å². The summed E-state index contributed by atoms with van der Waals surface area (Å²) in [5, 5.41) is 2.80. The highest BCUT2D eigenvalue weighted by molar-refractivity contribution is 7.99. The number of carbonyl (C=O) groups excluding carboxylic acids is 2. The fraction of sp³-hybridized carbons (Fsp3) is 0.333. The van der Waals surface area contributed by atoms with Gasteiger partial charge in [0.2, 0.25) is 11.8 Å². The van der Waals surface area contributed by atoms with Crippen LogP contribution in [-0.4, -0.2) is 38.8 Å². The molecule has 0 aromatic heterocycles. The van der Waals surface area contributed by atoms with Gasteiger partial charge in [0.05, 0.1) is 16.3 Å². The lowest BCUT2D eigenvalue weighted by Gasteiger charge is -2.18. The second-order valence-corrected chi connectivity index (χ2v) is 10.4. The third-order valence-corrected chi connectivity index (χ3v) is 7.90. The lowest BCUT2D eigenvalue weighted by Crippen LogP contribution is -2.28. The number of amides is 2. The number of hydrogen-bond acceptors (Lipinski definition) is 5. The fourth-order valence-corrected chi connectivity index (χ4v) is 5.22. The molecule has 0 aliphatic carbocycles. The topological polar surface area (TPSA) is 83.6 Å². The summed E-state index contributed by atoms with van der Waals surface area (Å²) < 4.78 is 25.6. The van der Waals surface area contributed by atoms with E-state index < -0.39 is 9.84 Å². The fourth-order valence-electron chi connectivity index (χ4n) is 2.96. The summed E-state index contributed by atoms with van der Waals surface area (Å²) >= 11 is 1.52. The first kappa shape index (κ1) is 21.4. The molecule has 1 atom stereocenters.